The predicted octanol–water partition coefficient (Wildman–Crippen LogP) is 6.96. The van der Waals surface area contributed by atoms with Crippen molar-refractivity contribution in [2.45, 2.75) is 4.90 Å². The normalized spacial score (nSPS) is 11.0. The molecule has 0 saturated carbocycles. The second-order valence-electron chi connectivity index (χ2n) is 9.34. The van der Waals surface area contributed by atoms with Crippen molar-refractivity contribution in [3.05, 3.63) is 131 Å². The van der Waals surface area contributed by atoms with E-state index in [2.05, 4.69) is 20.9 Å². The van der Waals surface area contributed by atoms with E-state index < -0.39 is 11.8 Å². The van der Waals surface area contributed by atoms with Crippen LogP contribution in [0.2, 0.25) is 0 Å². The second kappa shape index (κ2) is 14.8. The van der Waals surface area contributed by atoms with E-state index >= 15 is 0 Å². The van der Waals surface area contributed by atoms with Gasteiger partial charge in [0.25, 0.3) is 11.8 Å². The Morgan fingerprint density at radius 3 is 2.25 bits per heavy atom. The first-order chi connectivity index (χ1) is 21.5. The van der Waals surface area contributed by atoms with Crippen LogP contribution in [0.4, 0.5) is 10.8 Å². The van der Waals surface area contributed by atoms with Gasteiger partial charge in [-0.3, -0.25) is 14.4 Å². The third-order valence-corrected chi connectivity index (χ3v) is 8.04. The number of para-hydroxylation sites is 1. The fourth-order valence-corrected chi connectivity index (χ4v) is 5.53. The molecule has 44 heavy (non-hydrogen) atoms. The number of anilines is 2. The van der Waals surface area contributed by atoms with Crippen molar-refractivity contribution in [3.8, 4) is 17.0 Å². The van der Waals surface area contributed by atoms with Crippen LogP contribution in [0.25, 0.3) is 17.3 Å². The van der Waals surface area contributed by atoms with E-state index in [0.717, 1.165) is 16.2 Å². The van der Waals surface area contributed by atoms with Crippen molar-refractivity contribution in [1.82, 2.24) is 10.3 Å². The number of hydrogen-bond acceptors (Lipinski definition) is 7. The highest BCUT2D eigenvalue weighted by Gasteiger charge is 2.16. The van der Waals surface area contributed by atoms with Gasteiger partial charge in [0, 0.05) is 32.7 Å². The molecule has 4 aromatic carbocycles. The van der Waals surface area contributed by atoms with Crippen LogP contribution in [-0.4, -0.2) is 35.6 Å². The van der Waals surface area contributed by atoms with Gasteiger partial charge in [-0.25, -0.2) is 4.98 Å². The van der Waals surface area contributed by atoms with Crippen LogP contribution < -0.4 is 20.7 Å². The molecule has 8 nitrogen and oxygen atoms in total. The molecule has 1 aromatic heterocycles. The average molecular weight is 621 g/mol. The molecule has 220 valence electrons. The maximum absolute atomic E-state index is 13.4. The Bertz CT molecular complexity index is 1770. The van der Waals surface area contributed by atoms with E-state index in [9.17, 15) is 14.4 Å². The zero-order valence-corrected chi connectivity index (χ0v) is 25.3. The number of rotatable bonds is 11. The predicted molar refractivity (Wildman–Crippen MR) is 177 cm³/mol. The van der Waals surface area contributed by atoms with Crippen LogP contribution in [0.1, 0.15) is 15.9 Å². The van der Waals surface area contributed by atoms with E-state index in [1.54, 1.807) is 61.7 Å². The molecule has 0 fully saturated rings. The number of carbonyl (C=O) groups is 3. The molecule has 0 radical (unpaired) electrons. The third-order valence-electron chi connectivity index (χ3n) is 6.27. The molecule has 0 spiro atoms. The zero-order valence-electron chi connectivity index (χ0n) is 23.7. The highest BCUT2D eigenvalue weighted by Crippen LogP contribution is 2.26. The Morgan fingerprint density at radius 1 is 0.841 bits per heavy atom. The molecular weight excluding hydrogens is 593 g/mol. The number of benzene rings is 4. The van der Waals surface area contributed by atoms with Gasteiger partial charge >= 0.3 is 0 Å². The molecule has 0 bridgehead atoms. The highest BCUT2D eigenvalue weighted by atomic mass is 32.2. The van der Waals surface area contributed by atoms with E-state index in [-0.39, 0.29) is 17.4 Å². The lowest BCUT2D eigenvalue weighted by molar-refractivity contribution is -0.114. The van der Waals surface area contributed by atoms with E-state index in [4.69, 9.17) is 4.74 Å². The number of hydrogen-bond donors (Lipinski definition) is 3. The first-order valence-corrected chi connectivity index (χ1v) is 15.4. The molecule has 0 aliphatic carbocycles. The molecular formula is C34H28N4O4S2. The number of ether oxygens (including phenoxy) is 1. The molecule has 0 atom stereocenters. The van der Waals surface area contributed by atoms with Gasteiger partial charge < -0.3 is 20.7 Å². The van der Waals surface area contributed by atoms with Crippen molar-refractivity contribution in [3.63, 3.8) is 0 Å². The van der Waals surface area contributed by atoms with Gasteiger partial charge in [-0.15, -0.1) is 23.1 Å². The Morgan fingerprint density at radius 2 is 1.52 bits per heavy atom. The summed E-state index contributed by atoms with van der Waals surface area (Å²) in [5.41, 5.74) is 3.44. The van der Waals surface area contributed by atoms with E-state index in [1.165, 1.54) is 23.1 Å². The number of nitrogens with one attached hydrogen (secondary N) is 3. The summed E-state index contributed by atoms with van der Waals surface area (Å²) in [5, 5.41) is 10.9. The first-order valence-electron chi connectivity index (χ1n) is 13.5. The Hall–Kier alpha value is -5.19. The minimum absolute atomic E-state index is 0.0519. The number of carbonyl (C=O) groups excluding carboxylic acids is 3. The van der Waals surface area contributed by atoms with Gasteiger partial charge in [0.1, 0.15) is 11.4 Å². The lowest BCUT2D eigenvalue weighted by Crippen LogP contribution is -2.30. The molecule has 5 rings (SSSR count). The minimum atomic E-state index is -0.502. The lowest BCUT2D eigenvalue weighted by Gasteiger charge is -2.13. The molecule has 10 heteroatoms. The summed E-state index contributed by atoms with van der Waals surface area (Å²) in [6.07, 6.45) is 1.57. The fraction of sp³-hybridized carbons (Fsp3) is 0.0588. The largest absolute Gasteiger partial charge is 0.496 e. The summed E-state index contributed by atoms with van der Waals surface area (Å²) in [6.45, 7) is 0. The number of nitrogens with zero attached hydrogens (tertiary/aromatic N) is 1. The number of aromatic nitrogens is 1. The molecule has 0 aliphatic heterocycles. The number of methoxy groups -OCH3 is 1. The second-order valence-corrected chi connectivity index (χ2v) is 11.2. The Balaban J connectivity index is 1.20. The number of thioether (sulfide) groups is 1. The lowest BCUT2D eigenvalue weighted by atomic mass is 10.1. The van der Waals surface area contributed by atoms with Gasteiger partial charge in [-0.05, 0) is 48.5 Å². The van der Waals surface area contributed by atoms with Crippen molar-refractivity contribution < 1.29 is 19.1 Å². The van der Waals surface area contributed by atoms with Crippen LogP contribution >= 0.6 is 23.1 Å². The summed E-state index contributed by atoms with van der Waals surface area (Å²) >= 11 is 2.75. The summed E-state index contributed by atoms with van der Waals surface area (Å²) in [4.78, 5) is 44.1. The van der Waals surface area contributed by atoms with Crippen LogP contribution in [-0.2, 0) is 9.59 Å². The molecule has 3 N–H and O–H groups in total. The minimum Gasteiger partial charge on any atom is -0.496 e. The van der Waals surface area contributed by atoms with Gasteiger partial charge in [0.15, 0.2) is 5.13 Å². The van der Waals surface area contributed by atoms with Crippen LogP contribution in [0.3, 0.4) is 0 Å². The molecule has 0 unspecified atom stereocenters. The van der Waals surface area contributed by atoms with Gasteiger partial charge in [-0.1, -0.05) is 66.7 Å². The van der Waals surface area contributed by atoms with E-state index in [0.29, 0.717) is 27.7 Å². The first kappa shape index (κ1) is 30.3. The van der Waals surface area contributed by atoms with Gasteiger partial charge in [0.2, 0.25) is 5.91 Å². The average Bonchev–Trinajstić information content (AvgIpc) is 3.53. The maximum Gasteiger partial charge on any atom is 0.272 e. The standard InChI is InChI=1S/C34H28N4O4S2/c1-42-30-15-9-8-14-25(30)20-28(36-32(40)24-12-6-3-7-13-24)33(41)35-26-16-18-27(19-17-26)43-22-31(39)38-34-37-29(21-44-34)23-10-4-2-5-11-23/h2-21H,22H2,1H3,(H,35,41)(H,36,40)(H,37,38,39)/b28-20-. The molecule has 0 aliphatic rings. The van der Waals surface area contributed by atoms with Crippen LogP contribution in [0.15, 0.2) is 125 Å². The van der Waals surface area contributed by atoms with Gasteiger partial charge in [-0.2, -0.15) is 0 Å². The molecule has 3 amide bonds. The smallest absolute Gasteiger partial charge is 0.272 e. The Kier molecular flexibility index (Phi) is 10.2. The molecule has 0 saturated heterocycles. The quantitative estimate of drug-likeness (QED) is 0.109. The summed E-state index contributed by atoms with van der Waals surface area (Å²) in [5.74, 6) is -0.326. The summed E-state index contributed by atoms with van der Waals surface area (Å²) < 4.78 is 5.42. The van der Waals surface area contributed by atoms with Crippen LogP contribution in [0, 0.1) is 0 Å². The number of thiazole rings is 1. The monoisotopic (exact) mass is 620 g/mol. The van der Waals surface area contributed by atoms with Crippen molar-refractivity contribution in [1.29, 1.82) is 0 Å². The van der Waals surface area contributed by atoms with Crippen molar-refractivity contribution in [2.75, 3.05) is 23.5 Å². The maximum atomic E-state index is 13.4. The van der Waals surface area contributed by atoms with Crippen LogP contribution in [0.5, 0.6) is 5.75 Å². The highest BCUT2D eigenvalue weighted by molar-refractivity contribution is 8.00. The SMILES string of the molecule is COc1ccccc1/C=C(\NC(=O)c1ccccc1)C(=O)Nc1ccc(SCC(=O)Nc2nc(-c3ccccc3)cs2)cc1. The molecule has 5 aromatic rings. The third kappa shape index (κ3) is 8.21. The fourth-order valence-electron chi connectivity index (χ4n) is 4.09. The van der Waals surface area contributed by atoms with E-state index in [1.807, 2.05) is 66.0 Å². The number of amides is 3. The van der Waals surface area contributed by atoms with Crippen molar-refractivity contribution in [2.24, 2.45) is 0 Å². The van der Waals surface area contributed by atoms with Crippen molar-refractivity contribution >= 4 is 57.7 Å². The zero-order chi connectivity index (χ0) is 30.7. The topological polar surface area (TPSA) is 109 Å². The van der Waals surface area contributed by atoms with Gasteiger partial charge in [0.05, 0.1) is 18.6 Å². The Labute approximate surface area is 263 Å². The summed E-state index contributed by atoms with van der Waals surface area (Å²) in [6, 6.07) is 32.8. The molecule has 1 heterocycles. The summed E-state index contributed by atoms with van der Waals surface area (Å²) in [7, 11) is 1.54.